The Labute approximate surface area is 111 Å². The van der Waals surface area contributed by atoms with Gasteiger partial charge in [0.15, 0.2) is 0 Å². The number of rotatable bonds is 1. The first-order valence-corrected chi connectivity index (χ1v) is 6.66. The average molecular weight is 254 g/mol. The van der Waals surface area contributed by atoms with Gasteiger partial charge in [0.25, 0.3) is 0 Å². The second-order valence-electron chi connectivity index (χ2n) is 5.65. The summed E-state index contributed by atoms with van der Waals surface area (Å²) in [6.07, 6.45) is 5.16. The van der Waals surface area contributed by atoms with Crippen molar-refractivity contribution >= 4 is 17.6 Å². The summed E-state index contributed by atoms with van der Waals surface area (Å²) in [6.45, 7) is 1.86. The van der Waals surface area contributed by atoms with E-state index in [1.165, 1.54) is 4.90 Å². The number of fused-ring (bicyclic) bond motifs is 5. The van der Waals surface area contributed by atoms with Crippen LogP contribution in [0.2, 0.25) is 0 Å². The summed E-state index contributed by atoms with van der Waals surface area (Å²) in [5.74, 6) is 0.552. The molecule has 96 valence electrons. The Morgan fingerprint density at radius 3 is 2.32 bits per heavy atom. The Morgan fingerprint density at radius 1 is 1.11 bits per heavy atom. The number of aromatic nitrogens is 1. The van der Waals surface area contributed by atoms with Gasteiger partial charge in [0.05, 0.1) is 11.8 Å². The molecule has 0 N–H and O–H groups in total. The van der Waals surface area contributed by atoms with Crippen molar-refractivity contribution in [3.8, 4) is 0 Å². The molecule has 3 aliphatic rings. The molecule has 4 rings (SSSR count). The average Bonchev–Trinajstić information content (AvgIpc) is 3.04. The van der Waals surface area contributed by atoms with Crippen LogP contribution in [-0.4, -0.2) is 16.8 Å². The van der Waals surface area contributed by atoms with Gasteiger partial charge in [-0.25, -0.2) is 9.88 Å². The molecule has 1 aromatic rings. The fourth-order valence-corrected chi connectivity index (χ4v) is 3.78. The molecule has 1 aromatic heterocycles. The molecule has 0 aromatic carbocycles. The number of anilines is 1. The number of hydrogen-bond acceptors (Lipinski definition) is 3. The highest BCUT2D eigenvalue weighted by atomic mass is 16.2. The predicted octanol–water partition coefficient (Wildman–Crippen LogP) is 1.70. The largest absolute Gasteiger partial charge is 0.274 e. The number of carbonyl (C=O) groups is 2. The lowest BCUT2D eigenvalue weighted by molar-refractivity contribution is -0.123. The van der Waals surface area contributed by atoms with E-state index >= 15 is 0 Å². The third kappa shape index (κ3) is 1.31. The van der Waals surface area contributed by atoms with Gasteiger partial charge in [-0.2, -0.15) is 0 Å². The second kappa shape index (κ2) is 3.53. The van der Waals surface area contributed by atoms with Crippen molar-refractivity contribution in [2.24, 2.45) is 23.7 Å². The van der Waals surface area contributed by atoms with Crippen LogP contribution in [0.4, 0.5) is 5.82 Å². The smallest absolute Gasteiger partial charge is 0.239 e. The van der Waals surface area contributed by atoms with E-state index in [1.54, 1.807) is 6.07 Å². The van der Waals surface area contributed by atoms with Gasteiger partial charge in [-0.15, -0.1) is 0 Å². The number of hydrogen-bond donors (Lipinski definition) is 0. The fraction of sp³-hybridized carbons (Fsp3) is 0.400. The van der Waals surface area contributed by atoms with E-state index in [1.807, 2.05) is 19.1 Å². The molecule has 0 radical (unpaired) electrons. The van der Waals surface area contributed by atoms with E-state index in [9.17, 15) is 9.59 Å². The molecule has 4 heteroatoms. The van der Waals surface area contributed by atoms with Gasteiger partial charge >= 0.3 is 0 Å². The van der Waals surface area contributed by atoms with Crippen LogP contribution in [0.1, 0.15) is 12.1 Å². The SMILES string of the molecule is Cc1cccc(N2C(=O)[C@@H]3[C@@H](C2=O)[C@H]2C=C[C@H]3C2)n1. The molecule has 1 aliphatic heterocycles. The van der Waals surface area contributed by atoms with Gasteiger partial charge in [-0.3, -0.25) is 9.59 Å². The van der Waals surface area contributed by atoms with E-state index in [-0.39, 0.29) is 35.5 Å². The molecule has 2 fully saturated rings. The van der Waals surface area contributed by atoms with Crippen LogP contribution in [0.3, 0.4) is 0 Å². The summed E-state index contributed by atoms with van der Waals surface area (Å²) in [5, 5.41) is 0. The van der Waals surface area contributed by atoms with Crippen LogP contribution >= 0.6 is 0 Å². The number of imide groups is 1. The van der Waals surface area contributed by atoms with Crippen molar-refractivity contribution in [3.05, 3.63) is 36.0 Å². The Morgan fingerprint density at radius 2 is 1.74 bits per heavy atom. The molecular formula is C15H14N2O2. The Hall–Kier alpha value is -1.97. The maximum absolute atomic E-state index is 12.5. The summed E-state index contributed by atoms with van der Waals surface area (Å²) < 4.78 is 0. The van der Waals surface area contributed by atoms with Crippen LogP contribution in [0.5, 0.6) is 0 Å². The molecular weight excluding hydrogens is 240 g/mol. The summed E-state index contributed by atoms with van der Waals surface area (Å²) in [6, 6.07) is 5.43. The molecule has 1 saturated heterocycles. The topological polar surface area (TPSA) is 50.3 Å². The van der Waals surface area contributed by atoms with Gasteiger partial charge in [0.1, 0.15) is 5.82 Å². The molecule has 4 atom stereocenters. The first-order chi connectivity index (χ1) is 9.16. The number of amides is 2. The fourth-order valence-electron chi connectivity index (χ4n) is 3.78. The van der Waals surface area contributed by atoms with Crippen LogP contribution in [0, 0.1) is 30.6 Å². The minimum atomic E-state index is -0.148. The maximum Gasteiger partial charge on any atom is 0.239 e. The highest BCUT2D eigenvalue weighted by molar-refractivity contribution is 6.22. The Balaban J connectivity index is 1.77. The first-order valence-electron chi connectivity index (χ1n) is 6.66. The van der Waals surface area contributed by atoms with Crippen LogP contribution in [-0.2, 0) is 9.59 Å². The molecule has 2 heterocycles. The standard InChI is InChI=1S/C15H14N2O2/c1-8-3-2-4-11(16-8)17-14(18)12-9-5-6-10(7-9)13(12)15(17)19/h2-6,9-10,12-13H,7H2,1H3/t9-,10-,12-,13-/m0/s1. The van der Waals surface area contributed by atoms with Gasteiger partial charge in [0.2, 0.25) is 11.8 Å². The number of pyridine rings is 1. The van der Waals surface area contributed by atoms with E-state index < -0.39 is 0 Å². The highest BCUT2D eigenvalue weighted by Crippen LogP contribution is 2.52. The van der Waals surface area contributed by atoms with Gasteiger partial charge in [0, 0.05) is 5.69 Å². The van der Waals surface area contributed by atoms with Crippen LogP contribution in [0.25, 0.3) is 0 Å². The minimum Gasteiger partial charge on any atom is -0.274 e. The van der Waals surface area contributed by atoms with Crippen molar-refractivity contribution in [2.75, 3.05) is 4.90 Å². The quantitative estimate of drug-likeness (QED) is 0.566. The Kier molecular flexibility index (Phi) is 2.03. The molecule has 0 unspecified atom stereocenters. The van der Waals surface area contributed by atoms with E-state index in [0.29, 0.717) is 5.82 Å². The van der Waals surface area contributed by atoms with E-state index in [4.69, 9.17) is 0 Å². The third-order valence-corrected chi connectivity index (χ3v) is 4.57. The zero-order valence-electron chi connectivity index (χ0n) is 10.6. The number of nitrogens with zero attached hydrogens (tertiary/aromatic N) is 2. The van der Waals surface area contributed by atoms with Crippen LogP contribution in [0.15, 0.2) is 30.4 Å². The summed E-state index contributed by atoms with van der Waals surface area (Å²) >= 11 is 0. The highest BCUT2D eigenvalue weighted by Gasteiger charge is 2.59. The second-order valence-corrected chi connectivity index (χ2v) is 5.65. The van der Waals surface area contributed by atoms with Crippen molar-refractivity contribution in [2.45, 2.75) is 13.3 Å². The zero-order chi connectivity index (χ0) is 13.1. The lowest BCUT2D eigenvalue weighted by Gasteiger charge is -2.16. The summed E-state index contributed by atoms with van der Waals surface area (Å²) in [7, 11) is 0. The van der Waals surface area contributed by atoms with E-state index in [2.05, 4.69) is 17.1 Å². The monoisotopic (exact) mass is 254 g/mol. The molecule has 2 amide bonds. The lowest BCUT2D eigenvalue weighted by atomic mass is 9.85. The van der Waals surface area contributed by atoms with Crippen molar-refractivity contribution < 1.29 is 9.59 Å². The zero-order valence-corrected chi connectivity index (χ0v) is 10.6. The normalized spacial score (nSPS) is 35.3. The molecule has 2 bridgehead atoms. The summed E-state index contributed by atoms with van der Waals surface area (Å²) in [5.41, 5.74) is 0.816. The molecule has 19 heavy (non-hydrogen) atoms. The van der Waals surface area contributed by atoms with Crippen molar-refractivity contribution in [1.29, 1.82) is 0 Å². The number of carbonyl (C=O) groups excluding carboxylic acids is 2. The van der Waals surface area contributed by atoms with Gasteiger partial charge in [-0.05, 0) is 37.3 Å². The first kappa shape index (κ1) is 10.9. The third-order valence-electron chi connectivity index (χ3n) is 4.57. The number of allylic oxidation sites excluding steroid dienone is 2. The van der Waals surface area contributed by atoms with E-state index in [0.717, 1.165) is 12.1 Å². The molecule has 1 saturated carbocycles. The maximum atomic E-state index is 12.5. The predicted molar refractivity (Wildman–Crippen MR) is 69.2 cm³/mol. The molecule has 4 nitrogen and oxygen atoms in total. The van der Waals surface area contributed by atoms with Crippen molar-refractivity contribution in [1.82, 2.24) is 4.98 Å². The minimum absolute atomic E-state index is 0.0649. The lowest BCUT2D eigenvalue weighted by Crippen LogP contribution is -2.33. The molecule has 2 aliphatic carbocycles. The van der Waals surface area contributed by atoms with Gasteiger partial charge in [-0.1, -0.05) is 18.2 Å². The Bertz CT molecular complexity index is 592. The summed E-state index contributed by atoms with van der Waals surface area (Å²) in [4.78, 5) is 30.7. The number of aryl methyl sites for hydroxylation is 1. The molecule has 0 spiro atoms. The van der Waals surface area contributed by atoms with Crippen LogP contribution < -0.4 is 4.90 Å². The van der Waals surface area contributed by atoms with Crippen molar-refractivity contribution in [3.63, 3.8) is 0 Å². The van der Waals surface area contributed by atoms with Gasteiger partial charge < -0.3 is 0 Å².